The number of carbonyl (C=O) groups is 1. The van der Waals surface area contributed by atoms with Crippen LogP contribution in [0.1, 0.15) is 26.3 Å². The Morgan fingerprint density at radius 2 is 1.69 bits per heavy atom. The van der Waals surface area contributed by atoms with Crippen LogP contribution in [0.5, 0.6) is 0 Å². The van der Waals surface area contributed by atoms with Gasteiger partial charge in [-0.05, 0) is 63.2 Å². The van der Waals surface area contributed by atoms with Crippen LogP contribution in [0.15, 0.2) is 59.5 Å². The maximum absolute atomic E-state index is 14.4. The fourth-order valence-corrected chi connectivity index (χ4v) is 4.93. The molecule has 0 N–H and O–H groups in total. The van der Waals surface area contributed by atoms with Crippen molar-refractivity contribution >= 4 is 45.2 Å². The molecule has 7 nitrogen and oxygen atoms in total. The van der Waals surface area contributed by atoms with Crippen molar-refractivity contribution in [2.45, 2.75) is 32.5 Å². The summed E-state index contributed by atoms with van der Waals surface area (Å²) in [7, 11) is 0. The summed E-state index contributed by atoms with van der Waals surface area (Å²) in [4.78, 5) is 32.9. The molecule has 2 aromatic heterocycles. The van der Waals surface area contributed by atoms with Crippen LogP contribution in [-0.2, 0) is 10.9 Å². The van der Waals surface area contributed by atoms with E-state index in [4.69, 9.17) is 16.3 Å². The molecule has 0 atom stereocenters. The average Bonchev–Trinajstić information content (AvgIpc) is 2.87. The summed E-state index contributed by atoms with van der Waals surface area (Å²) in [6.45, 7) is 6.11. The van der Waals surface area contributed by atoms with Crippen molar-refractivity contribution in [2.24, 2.45) is 0 Å². The Morgan fingerprint density at radius 1 is 0.974 bits per heavy atom. The molecule has 0 saturated carbocycles. The highest BCUT2D eigenvalue weighted by molar-refractivity contribution is 6.31. The van der Waals surface area contributed by atoms with Crippen molar-refractivity contribution in [3.8, 4) is 5.69 Å². The molecular weight excluding hydrogens is 533 g/mol. The zero-order valence-electron chi connectivity index (χ0n) is 21.6. The number of rotatable bonds is 2. The van der Waals surface area contributed by atoms with E-state index in [0.717, 1.165) is 6.07 Å². The van der Waals surface area contributed by atoms with Gasteiger partial charge in [0.05, 0.1) is 22.3 Å². The summed E-state index contributed by atoms with van der Waals surface area (Å²) >= 11 is 6.21. The van der Waals surface area contributed by atoms with Crippen LogP contribution in [0, 0.1) is 0 Å². The minimum Gasteiger partial charge on any atom is -0.444 e. The second-order valence-corrected chi connectivity index (χ2v) is 10.8. The van der Waals surface area contributed by atoms with Crippen molar-refractivity contribution in [1.82, 2.24) is 14.5 Å². The number of amides is 1. The lowest BCUT2D eigenvalue weighted by Crippen LogP contribution is -2.50. The minimum atomic E-state index is -4.69. The Bertz CT molecular complexity index is 1640. The first-order valence-electron chi connectivity index (χ1n) is 12.4. The number of hydrogen-bond donors (Lipinski definition) is 0. The molecule has 1 saturated heterocycles. The van der Waals surface area contributed by atoms with Gasteiger partial charge < -0.3 is 14.5 Å². The number of aromatic nitrogens is 2. The van der Waals surface area contributed by atoms with Crippen LogP contribution < -0.4 is 10.5 Å². The molecule has 0 radical (unpaired) electrons. The van der Waals surface area contributed by atoms with Crippen molar-refractivity contribution < 1.29 is 22.7 Å². The molecule has 0 spiro atoms. The lowest BCUT2D eigenvalue weighted by Gasteiger charge is -2.37. The predicted molar refractivity (Wildman–Crippen MR) is 145 cm³/mol. The van der Waals surface area contributed by atoms with Crippen molar-refractivity contribution in [3.05, 3.63) is 75.7 Å². The topological polar surface area (TPSA) is 67.7 Å². The highest BCUT2D eigenvalue weighted by atomic mass is 35.5. The Kier molecular flexibility index (Phi) is 6.70. The first-order chi connectivity index (χ1) is 18.3. The highest BCUT2D eigenvalue weighted by Crippen LogP contribution is 2.39. The molecule has 5 rings (SSSR count). The molecule has 4 aromatic rings. The maximum atomic E-state index is 14.4. The van der Waals surface area contributed by atoms with Gasteiger partial charge in [0.2, 0.25) is 0 Å². The van der Waals surface area contributed by atoms with E-state index in [1.165, 1.54) is 27.7 Å². The summed E-state index contributed by atoms with van der Waals surface area (Å²) in [5.41, 5.74) is -0.990. The zero-order valence-corrected chi connectivity index (χ0v) is 22.3. The van der Waals surface area contributed by atoms with E-state index in [1.54, 1.807) is 56.1 Å². The molecule has 0 unspecified atom stereocenters. The SMILES string of the molecule is CC(C)(C)OC(=O)N1CCN(c2ccc(-n3c(=O)ccc4cnc5ccc(Cl)cc5c43)cc2C(F)(F)F)CC1. The van der Waals surface area contributed by atoms with Gasteiger partial charge in [-0.15, -0.1) is 0 Å². The summed E-state index contributed by atoms with van der Waals surface area (Å²) in [5, 5.41) is 1.55. The van der Waals surface area contributed by atoms with E-state index in [1.807, 2.05) is 0 Å². The third-order valence-electron chi connectivity index (χ3n) is 6.50. The van der Waals surface area contributed by atoms with Gasteiger partial charge in [-0.2, -0.15) is 13.2 Å². The van der Waals surface area contributed by atoms with Gasteiger partial charge in [-0.25, -0.2) is 4.79 Å². The number of ether oxygens (including phenoxy) is 1. The van der Waals surface area contributed by atoms with E-state index >= 15 is 0 Å². The molecule has 0 bridgehead atoms. The van der Waals surface area contributed by atoms with Crippen LogP contribution in [0.3, 0.4) is 0 Å². The van der Waals surface area contributed by atoms with Crippen molar-refractivity contribution in [3.63, 3.8) is 0 Å². The fraction of sp³-hybridized carbons (Fsp3) is 0.321. The third kappa shape index (κ3) is 5.38. The quantitative estimate of drug-likeness (QED) is 0.271. The molecule has 1 fully saturated rings. The lowest BCUT2D eigenvalue weighted by molar-refractivity contribution is -0.137. The Balaban J connectivity index is 1.56. The number of pyridine rings is 2. The van der Waals surface area contributed by atoms with E-state index in [-0.39, 0.29) is 37.6 Å². The molecule has 11 heteroatoms. The Hall–Kier alpha value is -3.79. The van der Waals surface area contributed by atoms with E-state index < -0.39 is 29.0 Å². The Labute approximate surface area is 227 Å². The van der Waals surface area contributed by atoms with Crippen molar-refractivity contribution in [2.75, 3.05) is 31.1 Å². The smallest absolute Gasteiger partial charge is 0.418 e. The third-order valence-corrected chi connectivity index (χ3v) is 6.73. The van der Waals surface area contributed by atoms with Gasteiger partial charge in [0, 0.05) is 59.9 Å². The molecular formula is C28H26ClF3N4O3. The van der Waals surface area contributed by atoms with Gasteiger partial charge in [-0.1, -0.05) is 11.6 Å². The molecule has 0 aliphatic carbocycles. The maximum Gasteiger partial charge on any atom is 0.418 e. The van der Waals surface area contributed by atoms with Gasteiger partial charge in [0.15, 0.2) is 0 Å². The molecule has 1 aliphatic heterocycles. The largest absolute Gasteiger partial charge is 0.444 e. The number of hydrogen-bond acceptors (Lipinski definition) is 5. The van der Waals surface area contributed by atoms with E-state index in [0.29, 0.717) is 26.8 Å². The highest BCUT2D eigenvalue weighted by Gasteiger charge is 2.37. The van der Waals surface area contributed by atoms with Crippen LogP contribution >= 0.6 is 11.6 Å². The standard InChI is InChI=1S/C28H26ClF3N4O3/c1-27(2,3)39-26(38)35-12-10-34(11-13-35)23-8-6-19(15-21(23)28(30,31)32)36-24(37)9-4-17-16-33-22-7-5-18(29)14-20(22)25(17)36/h4-9,14-16H,10-13H2,1-3H3. The van der Waals surface area contributed by atoms with Crippen LogP contribution in [0.2, 0.25) is 5.02 Å². The normalized spacial score (nSPS) is 14.7. The summed E-state index contributed by atoms with van der Waals surface area (Å²) in [6.07, 6.45) is -3.61. The van der Waals surface area contributed by atoms with Crippen molar-refractivity contribution in [1.29, 1.82) is 0 Å². The Morgan fingerprint density at radius 3 is 2.36 bits per heavy atom. The minimum absolute atomic E-state index is 0.0158. The second kappa shape index (κ2) is 9.75. The van der Waals surface area contributed by atoms with Crippen LogP contribution in [0.25, 0.3) is 27.5 Å². The number of benzene rings is 2. The molecule has 3 heterocycles. The summed E-state index contributed by atoms with van der Waals surface area (Å²) in [6, 6.07) is 11.8. The monoisotopic (exact) mass is 558 g/mol. The number of piperazine rings is 1. The van der Waals surface area contributed by atoms with Gasteiger partial charge in [0.1, 0.15) is 5.60 Å². The summed E-state index contributed by atoms with van der Waals surface area (Å²) in [5.74, 6) is 0. The zero-order chi connectivity index (χ0) is 28.1. The predicted octanol–water partition coefficient (Wildman–Crippen LogP) is 6.27. The molecule has 39 heavy (non-hydrogen) atoms. The van der Waals surface area contributed by atoms with Crippen LogP contribution in [-0.4, -0.2) is 52.3 Å². The molecule has 2 aromatic carbocycles. The number of carbonyl (C=O) groups excluding carboxylic acids is 1. The summed E-state index contributed by atoms with van der Waals surface area (Å²) < 4.78 is 49.8. The van der Waals surface area contributed by atoms with Gasteiger partial charge >= 0.3 is 12.3 Å². The molecule has 1 amide bonds. The van der Waals surface area contributed by atoms with Crippen LogP contribution in [0.4, 0.5) is 23.7 Å². The fourth-order valence-electron chi connectivity index (χ4n) is 4.76. The number of fused-ring (bicyclic) bond motifs is 3. The van der Waals surface area contributed by atoms with Gasteiger partial charge in [-0.3, -0.25) is 14.3 Å². The molecule has 1 aliphatic rings. The number of anilines is 1. The average molecular weight is 559 g/mol. The van der Waals surface area contributed by atoms with E-state index in [2.05, 4.69) is 4.98 Å². The molecule has 204 valence electrons. The number of alkyl halides is 3. The number of halogens is 4. The lowest BCUT2D eigenvalue weighted by atomic mass is 10.1. The first kappa shape index (κ1) is 26.8. The van der Waals surface area contributed by atoms with E-state index in [9.17, 15) is 22.8 Å². The second-order valence-electron chi connectivity index (χ2n) is 10.4. The van der Waals surface area contributed by atoms with Gasteiger partial charge in [0.25, 0.3) is 5.56 Å². The number of nitrogens with zero attached hydrogens (tertiary/aromatic N) is 4. The first-order valence-corrected chi connectivity index (χ1v) is 12.7.